The molecule has 0 saturated carbocycles. The fourth-order valence-electron chi connectivity index (χ4n) is 5.22. The molecule has 3 aromatic carbocycles. The van der Waals surface area contributed by atoms with E-state index in [1.54, 1.807) is 24.3 Å². The summed E-state index contributed by atoms with van der Waals surface area (Å²) in [5, 5.41) is 13.9. The van der Waals surface area contributed by atoms with Gasteiger partial charge in [0, 0.05) is 17.3 Å². The molecule has 0 radical (unpaired) electrons. The molecule has 1 aliphatic carbocycles. The number of nitrogens with one attached hydrogen (secondary N) is 2. The second-order valence-corrected chi connectivity index (χ2v) is 10.8. The van der Waals surface area contributed by atoms with Crippen molar-refractivity contribution < 1.29 is 18.3 Å². The summed E-state index contributed by atoms with van der Waals surface area (Å²) in [7, 11) is -2.21. The molecular weight excluding hydrogens is 448 g/mol. The van der Waals surface area contributed by atoms with Crippen molar-refractivity contribution in [3.8, 4) is 11.5 Å². The summed E-state index contributed by atoms with van der Waals surface area (Å²) in [6.07, 6.45) is 5.18. The predicted octanol–water partition coefficient (Wildman–Crippen LogP) is 5.64. The first-order valence-corrected chi connectivity index (χ1v) is 12.8. The van der Waals surface area contributed by atoms with Crippen molar-refractivity contribution >= 4 is 21.4 Å². The van der Waals surface area contributed by atoms with Gasteiger partial charge in [0.25, 0.3) is 10.0 Å². The Bertz CT molecular complexity index is 1380. The van der Waals surface area contributed by atoms with Crippen molar-refractivity contribution in [2.45, 2.75) is 37.1 Å². The minimum Gasteiger partial charge on any atom is -0.504 e. The average molecular weight is 477 g/mol. The molecule has 2 aliphatic rings. The Hall–Kier alpha value is -3.45. The second kappa shape index (κ2) is 8.40. The van der Waals surface area contributed by atoms with Crippen molar-refractivity contribution in [1.82, 2.24) is 0 Å². The molecule has 0 fully saturated rings. The Morgan fingerprint density at radius 1 is 1.03 bits per heavy atom. The van der Waals surface area contributed by atoms with Crippen LogP contribution in [-0.4, -0.2) is 20.6 Å². The number of aryl methyl sites for hydroxylation is 2. The number of fused-ring (bicyclic) bond motifs is 3. The second-order valence-electron chi connectivity index (χ2n) is 9.14. The van der Waals surface area contributed by atoms with Gasteiger partial charge in [0.15, 0.2) is 11.5 Å². The quantitative estimate of drug-likeness (QED) is 0.415. The lowest BCUT2D eigenvalue weighted by Gasteiger charge is -2.37. The van der Waals surface area contributed by atoms with Crippen LogP contribution in [0.5, 0.6) is 11.5 Å². The van der Waals surface area contributed by atoms with Gasteiger partial charge in [-0.1, -0.05) is 24.3 Å². The van der Waals surface area contributed by atoms with Crippen LogP contribution in [-0.2, 0) is 10.0 Å². The van der Waals surface area contributed by atoms with E-state index in [0.717, 1.165) is 34.4 Å². The number of aromatic hydroxyl groups is 1. The number of benzene rings is 3. The van der Waals surface area contributed by atoms with Gasteiger partial charge in [-0.15, -0.1) is 0 Å². The molecule has 5 rings (SSSR count). The van der Waals surface area contributed by atoms with Crippen LogP contribution in [0.25, 0.3) is 0 Å². The highest BCUT2D eigenvalue weighted by molar-refractivity contribution is 7.92. The maximum absolute atomic E-state index is 13.2. The molecule has 34 heavy (non-hydrogen) atoms. The zero-order valence-electron chi connectivity index (χ0n) is 19.4. The lowest BCUT2D eigenvalue weighted by atomic mass is 9.77. The normalized spacial score (nSPS) is 20.9. The Morgan fingerprint density at radius 3 is 2.50 bits per heavy atom. The van der Waals surface area contributed by atoms with Crippen LogP contribution in [0.1, 0.15) is 40.6 Å². The molecule has 3 atom stereocenters. The molecule has 1 heterocycles. The molecular formula is C27H28N2O4S. The minimum absolute atomic E-state index is 0.0137. The van der Waals surface area contributed by atoms with Gasteiger partial charge in [-0.05, 0) is 90.9 Å². The fourth-order valence-corrected chi connectivity index (χ4v) is 6.29. The van der Waals surface area contributed by atoms with Crippen LogP contribution in [0.2, 0.25) is 0 Å². The van der Waals surface area contributed by atoms with Crippen molar-refractivity contribution in [2.75, 3.05) is 17.1 Å². The molecule has 3 aromatic rings. The van der Waals surface area contributed by atoms with E-state index in [9.17, 15) is 13.5 Å². The Kier molecular flexibility index (Phi) is 5.52. The van der Waals surface area contributed by atoms with E-state index in [4.69, 9.17) is 4.74 Å². The van der Waals surface area contributed by atoms with Crippen LogP contribution in [0.4, 0.5) is 11.4 Å². The summed E-state index contributed by atoms with van der Waals surface area (Å²) in [5.74, 6) is 0.841. The smallest absolute Gasteiger partial charge is 0.261 e. The molecule has 0 spiro atoms. The molecule has 176 valence electrons. The molecule has 0 bridgehead atoms. The minimum atomic E-state index is -3.74. The van der Waals surface area contributed by atoms with Gasteiger partial charge in [-0.3, -0.25) is 4.72 Å². The maximum Gasteiger partial charge on any atom is 0.261 e. The lowest BCUT2D eigenvalue weighted by molar-refractivity contribution is 0.371. The standard InChI is InChI=1S/C27H28N2O4S/c1-16-11-17(2)13-19(12-16)29-34(31,32)20-8-9-24-23(15-20)21-5-4-6-22(21)27(28-24)18-7-10-26(33-3)25(30)14-18/h4-5,7-15,21-22,27-30H,6H2,1-3H3. The van der Waals surface area contributed by atoms with Crippen molar-refractivity contribution in [1.29, 1.82) is 0 Å². The summed E-state index contributed by atoms with van der Waals surface area (Å²) in [6.45, 7) is 3.89. The van der Waals surface area contributed by atoms with E-state index in [0.29, 0.717) is 11.4 Å². The van der Waals surface area contributed by atoms with Crippen molar-refractivity contribution in [3.05, 3.63) is 89.0 Å². The van der Waals surface area contributed by atoms with Gasteiger partial charge in [0.2, 0.25) is 0 Å². The maximum atomic E-state index is 13.2. The third-order valence-electron chi connectivity index (χ3n) is 6.68. The molecule has 3 unspecified atom stereocenters. The molecule has 3 N–H and O–H groups in total. The Labute approximate surface area is 200 Å². The molecule has 6 nitrogen and oxygen atoms in total. The molecule has 1 aliphatic heterocycles. The van der Waals surface area contributed by atoms with E-state index in [1.165, 1.54) is 7.11 Å². The highest BCUT2D eigenvalue weighted by Gasteiger charge is 2.38. The van der Waals surface area contributed by atoms with Gasteiger partial charge < -0.3 is 15.2 Å². The number of hydrogen-bond acceptors (Lipinski definition) is 5. The van der Waals surface area contributed by atoms with Crippen LogP contribution in [0.15, 0.2) is 71.6 Å². The van der Waals surface area contributed by atoms with Crippen LogP contribution < -0.4 is 14.8 Å². The monoisotopic (exact) mass is 476 g/mol. The van der Waals surface area contributed by atoms with Gasteiger partial charge in [0.05, 0.1) is 18.0 Å². The average Bonchev–Trinajstić information content (AvgIpc) is 3.27. The Balaban J connectivity index is 1.48. The van der Waals surface area contributed by atoms with Crippen molar-refractivity contribution in [2.24, 2.45) is 5.92 Å². The van der Waals surface area contributed by atoms with Gasteiger partial charge >= 0.3 is 0 Å². The number of rotatable bonds is 5. The van der Waals surface area contributed by atoms with Crippen molar-refractivity contribution in [3.63, 3.8) is 0 Å². The largest absolute Gasteiger partial charge is 0.504 e. The summed E-state index contributed by atoms with van der Waals surface area (Å²) < 4.78 is 34.3. The Morgan fingerprint density at radius 2 is 1.79 bits per heavy atom. The van der Waals surface area contributed by atoms with Crippen LogP contribution in [0, 0.1) is 19.8 Å². The van der Waals surface area contributed by atoms with Gasteiger partial charge in [0.1, 0.15) is 0 Å². The number of allylic oxidation sites excluding steroid dienone is 2. The SMILES string of the molecule is COc1ccc(C2Nc3ccc(S(=O)(=O)Nc4cc(C)cc(C)c4)cc3C3C=CCC32)cc1O. The topological polar surface area (TPSA) is 87.7 Å². The number of hydrogen-bond donors (Lipinski definition) is 3. The van der Waals surface area contributed by atoms with E-state index >= 15 is 0 Å². The first-order chi connectivity index (χ1) is 16.2. The zero-order valence-corrected chi connectivity index (χ0v) is 20.2. The van der Waals surface area contributed by atoms with E-state index < -0.39 is 10.0 Å². The number of anilines is 2. The number of methoxy groups -OCH3 is 1. The summed E-state index contributed by atoms with van der Waals surface area (Å²) in [4.78, 5) is 0.242. The predicted molar refractivity (Wildman–Crippen MR) is 134 cm³/mol. The molecule has 0 saturated heterocycles. The van der Waals surface area contributed by atoms with E-state index in [2.05, 4.69) is 22.2 Å². The summed E-state index contributed by atoms with van der Waals surface area (Å²) in [5.41, 5.74) is 5.40. The fraction of sp³-hybridized carbons (Fsp3) is 0.259. The molecule has 0 amide bonds. The molecule has 0 aromatic heterocycles. The zero-order chi connectivity index (χ0) is 24.0. The summed E-state index contributed by atoms with van der Waals surface area (Å²) >= 11 is 0. The third-order valence-corrected chi connectivity index (χ3v) is 8.06. The number of phenolic OH excluding ortho intramolecular Hbond substituents is 1. The van der Waals surface area contributed by atoms with Gasteiger partial charge in [-0.25, -0.2) is 8.42 Å². The number of sulfonamides is 1. The first-order valence-electron chi connectivity index (χ1n) is 11.3. The number of ether oxygens (including phenoxy) is 1. The van der Waals surface area contributed by atoms with Gasteiger partial charge in [-0.2, -0.15) is 0 Å². The summed E-state index contributed by atoms with van der Waals surface area (Å²) in [6, 6.07) is 16.4. The van der Waals surface area contributed by atoms with E-state index in [-0.39, 0.29) is 28.5 Å². The number of phenols is 1. The highest BCUT2D eigenvalue weighted by atomic mass is 32.2. The lowest BCUT2D eigenvalue weighted by Crippen LogP contribution is -2.29. The van der Waals surface area contributed by atoms with Crippen LogP contribution in [0.3, 0.4) is 0 Å². The first kappa shape index (κ1) is 22.3. The third kappa shape index (κ3) is 4.01. The van der Waals surface area contributed by atoms with Crippen LogP contribution >= 0.6 is 0 Å². The van der Waals surface area contributed by atoms with E-state index in [1.807, 2.05) is 44.2 Å². The highest BCUT2D eigenvalue weighted by Crippen LogP contribution is 2.50. The molecule has 7 heteroatoms.